The lowest BCUT2D eigenvalue weighted by atomic mass is 9.92. The molecule has 4 heteroatoms. The van der Waals surface area contributed by atoms with E-state index >= 15 is 0 Å². The van der Waals surface area contributed by atoms with Crippen molar-refractivity contribution >= 4 is 0 Å². The summed E-state index contributed by atoms with van der Waals surface area (Å²) < 4.78 is 5.74. The second-order valence-electron chi connectivity index (χ2n) is 6.37. The van der Waals surface area contributed by atoms with Gasteiger partial charge in [0.15, 0.2) is 0 Å². The average Bonchev–Trinajstić information content (AvgIpc) is 2.58. The summed E-state index contributed by atoms with van der Waals surface area (Å²) in [7, 11) is 0. The third kappa shape index (κ3) is 4.30. The summed E-state index contributed by atoms with van der Waals surface area (Å²) in [5.41, 5.74) is 1.62. The maximum absolute atomic E-state index is 10.7. The van der Waals surface area contributed by atoms with Crippen molar-refractivity contribution in [2.24, 2.45) is 0 Å². The fraction of sp³-hybridized carbons (Fsp3) is 0.421. The number of ether oxygens (including phenoxy) is 1. The van der Waals surface area contributed by atoms with E-state index in [1.807, 2.05) is 42.6 Å². The highest BCUT2D eigenvalue weighted by Gasteiger charge is 2.33. The zero-order valence-corrected chi connectivity index (χ0v) is 13.6. The van der Waals surface area contributed by atoms with Gasteiger partial charge in [0.25, 0.3) is 0 Å². The van der Waals surface area contributed by atoms with Crippen LogP contribution >= 0.6 is 0 Å². The molecule has 0 unspecified atom stereocenters. The average molecular weight is 312 g/mol. The zero-order valence-electron chi connectivity index (χ0n) is 13.6. The summed E-state index contributed by atoms with van der Waals surface area (Å²) in [5.74, 6) is 0.812. The molecule has 1 aromatic carbocycles. The molecule has 122 valence electrons. The van der Waals surface area contributed by atoms with Crippen molar-refractivity contribution in [2.75, 3.05) is 19.7 Å². The number of para-hydroxylation sites is 1. The highest BCUT2D eigenvalue weighted by molar-refractivity contribution is 5.21. The Labute approximate surface area is 137 Å². The first kappa shape index (κ1) is 16.0. The number of nitrogens with zero attached hydrogens (tertiary/aromatic N) is 2. The van der Waals surface area contributed by atoms with Gasteiger partial charge in [-0.3, -0.25) is 9.88 Å². The smallest absolute Gasteiger partial charge is 0.119 e. The Hall–Kier alpha value is -1.91. The van der Waals surface area contributed by atoms with E-state index in [2.05, 4.69) is 22.9 Å². The van der Waals surface area contributed by atoms with Crippen molar-refractivity contribution in [3.05, 3.63) is 59.9 Å². The summed E-state index contributed by atoms with van der Waals surface area (Å²) in [4.78, 5) is 6.81. The highest BCUT2D eigenvalue weighted by atomic mass is 16.5. The van der Waals surface area contributed by atoms with Gasteiger partial charge in [0.05, 0.1) is 5.69 Å². The van der Waals surface area contributed by atoms with Crippen molar-refractivity contribution in [1.29, 1.82) is 0 Å². The van der Waals surface area contributed by atoms with Crippen molar-refractivity contribution in [2.45, 2.75) is 31.9 Å². The monoisotopic (exact) mass is 312 g/mol. The number of hydrogen-bond acceptors (Lipinski definition) is 4. The minimum atomic E-state index is -0.731. The lowest BCUT2D eigenvalue weighted by Crippen LogP contribution is -2.47. The fourth-order valence-corrected chi connectivity index (χ4v) is 2.90. The largest absolute Gasteiger partial charge is 0.491 e. The molecule has 0 amide bonds. The summed E-state index contributed by atoms with van der Waals surface area (Å²) in [6.07, 6.45) is 3.30. The summed E-state index contributed by atoms with van der Waals surface area (Å²) in [5, 5.41) is 10.7. The molecule has 0 aliphatic carbocycles. The van der Waals surface area contributed by atoms with Gasteiger partial charge in [-0.2, -0.15) is 0 Å². The van der Waals surface area contributed by atoms with Crippen LogP contribution in [0.5, 0.6) is 5.75 Å². The molecule has 0 saturated carbocycles. The van der Waals surface area contributed by atoms with E-state index in [1.54, 1.807) is 0 Å². The molecule has 1 aromatic heterocycles. The first-order valence-corrected chi connectivity index (χ1v) is 8.18. The Bertz CT molecular complexity index is 622. The number of hydrogen-bond donors (Lipinski definition) is 1. The molecule has 3 rings (SSSR count). The second kappa shape index (κ2) is 7.11. The summed E-state index contributed by atoms with van der Waals surface area (Å²) in [6, 6.07) is 13.7. The van der Waals surface area contributed by atoms with E-state index < -0.39 is 5.60 Å². The van der Waals surface area contributed by atoms with Crippen LogP contribution in [-0.2, 0) is 6.54 Å². The number of piperidine rings is 1. The standard InChI is InChI=1S/C19H24N2O2/c1-16-6-5-11-20-18(16)14-21-12-9-19(22,10-13-21)15-23-17-7-3-2-4-8-17/h2-8,11,22H,9-10,12-15H2,1H3. The molecular formula is C19H24N2O2. The van der Waals surface area contributed by atoms with Gasteiger partial charge in [-0.15, -0.1) is 0 Å². The third-order valence-corrected chi connectivity index (χ3v) is 4.53. The zero-order chi connectivity index (χ0) is 16.1. The van der Waals surface area contributed by atoms with Gasteiger partial charge in [0.2, 0.25) is 0 Å². The van der Waals surface area contributed by atoms with Crippen LogP contribution < -0.4 is 4.74 Å². The number of benzene rings is 1. The number of aryl methyl sites for hydroxylation is 1. The number of pyridine rings is 1. The molecule has 2 aromatic rings. The first-order valence-electron chi connectivity index (χ1n) is 8.18. The van der Waals surface area contributed by atoms with Gasteiger partial charge in [-0.1, -0.05) is 24.3 Å². The normalized spacial score (nSPS) is 17.8. The maximum atomic E-state index is 10.7. The van der Waals surface area contributed by atoms with Crippen LogP contribution in [0.2, 0.25) is 0 Å². The topological polar surface area (TPSA) is 45.6 Å². The van der Waals surface area contributed by atoms with Crippen LogP contribution in [0.15, 0.2) is 48.7 Å². The Morgan fingerprint density at radius 2 is 1.87 bits per heavy atom. The van der Waals surface area contributed by atoms with Crippen molar-refractivity contribution < 1.29 is 9.84 Å². The van der Waals surface area contributed by atoms with Crippen molar-refractivity contribution in [3.8, 4) is 5.75 Å². The molecule has 1 N–H and O–H groups in total. The van der Waals surface area contributed by atoms with Crippen LogP contribution in [0.3, 0.4) is 0 Å². The minimum Gasteiger partial charge on any atom is -0.491 e. The first-order chi connectivity index (χ1) is 11.1. The van der Waals surface area contributed by atoms with E-state index in [0.717, 1.165) is 43.9 Å². The van der Waals surface area contributed by atoms with E-state index in [-0.39, 0.29) is 0 Å². The molecule has 0 bridgehead atoms. The summed E-state index contributed by atoms with van der Waals surface area (Å²) >= 11 is 0. The molecule has 2 heterocycles. The molecule has 4 nitrogen and oxygen atoms in total. The minimum absolute atomic E-state index is 0.355. The number of aliphatic hydroxyl groups is 1. The number of aromatic nitrogens is 1. The van der Waals surface area contributed by atoms with Gasteiger partial charge < -0.3 is 9.84 Å². The molecular weight excluding hydrogens is 288 g/mol. The molecule has 0 spiro atoms. The molecule has 1 fully saturated rings. The molecule has 1 aliphatic rings. The van der Waals surface area contributed by atoms with Crippen LogP contribution in [0, 0.1) is 6.92 Å². The van der Waals surface area contributed by atoms with Crippen molar-refractivity contribution in [1.82, 2.24) is 9.88 Å². The van der Waals surface area contributed by atoms with Crippen LogP contribution in [-0.4, -0.2) is 40.3 Å². The summed E-state index contributed by atoms with van der Waals surface area (Å²) in [6.45, 7) is 5.03. The second-order valence-corrected chi connectivity index (χ2v) is 6.37. The molecule has 23 heavy (non-hydrogen) atoms. The number of rotatable bonds is 5. The van der Waals surface area contributed by atoms with Gasteiger partial charge in [-0.05, 0) is 43.5 Å². The van der Waals surface area contributed by atoms with E-state index in [1.165, 1.54) is 5.56 Å². The lowest BCUT2D eigenvalue weighted by molar-refractivity contribution is -0.0539. The van der Waals surface area contributed by atoms with Gasteiger partial charge in [0, 0.05) is 25.8 Å². The Morgan fingerprint density at radius 3 is 2.57 bits per heavy atom. The van der Waals surface area contributed by atoms with E-state index in [4.69, 9.17) is 4.74 Å². The van der Waals surface area contributed by atoms with Crippen LogP contribution in [0.1, 0.15) is 24.1 Å². The lowest BCUT2D eigenvalue weighted by Gasteiger charge is -2.37. The fourth-order valence-electron chi connectivity index (χ4n) is 2.90. The predicted octanol–water partition coefficient (Wildman–Crippen LogP) is 2.80. The van der Waals surface area contributed by atoms with Crippen molar-refractivity contribution in [3.63, 3.8) is 0 Å². The SMILES string of the molecule is Cc1cccnc1CN1CCC(O)(COc2ccccc2)CC1. The van der Waals surface area contributed by atoms with Gasteiger partial charge in [0.1, 0.15) is 18.0 Å². The third-order valence-electron chi connectivity index (χ3n) is 4.53. The van der Waals surface area contributed by atoms with Gasteiger partial charge in [-0.25, -0.2) is 0 Å². The van der Waals surface area contributed by atoms with E-state index in [9.17, 15) is 5.11 Å². The maximum Gasteiger partial charge on any atom is 0.119 e. The molecule has 1 aliphatic heterocycles. The van der Waals surface area contributed by atoms with Crippen LogP contribution in [0.25, 0.3) is 0 Å². The molecule has 0 radical (unpaired) electrons. The quantitative estimate of drug-likeness (QED) is 0.922. The molecule has 1 saturated heterocycles. The Kier molecular flexibility index (Phi) is 4.94. The molecule has 0 atom stereocenters. The van der Waals surface area contributed by atoms with Crippen LogP contribution in [0.4, 0.5) is 0 Å². The number of likely N-dealkylation sites (tertiary alicyclic amines) is 1. The highest BCUT2D eigenvalue weighted by Crippen LogP contribution is 2.25. The van der Waals surface area contributed by atoms with Gasteiger partial charge >= 0.3 is 0 Å². The Morgan fingerprint density at radius 1 is 1.13 bits per heavy atom. The van der Waals surface area contributed by atoms with E-state index in [0.29, 0.717) is 6.61 Å². The Balaban J connectivity index is 1.50. The predicted molar refractivity (Wildman–Crippen MR) is 90.4 cm³/mol.